The Hall–Kier alpha value is -1.16. The number of nitrogens with two attached hydrogens (primary N) is 1. The van der Waals surface area contributed by atoms with E-state index >= 15 is 0 Å². The highest BCUT2D eigenvalue weighted by molar-refractivity contribution is 5.48. The van der Waals surface area contributed by atoms with Crippen molar-refractivity contribution in [2.45, 2.75) is 31.3 Å². The Kier molecular flexibility index (Phi) is 6.43. The fraction of sp³-hybridized carbons (Fsp3) is 0.556. The smallest absolute Gasteiger partial charge is 0.0252 e. The number of likely N-dealkylation sites (N-methyl/N-ethyl adjacent to an activating group) is 1. The first kappa shape index (κ1) is 16.2. The highest BCUT2D eigenvalue weighted by Gasteiger charge is 2.24. The molecule has 1 fully saturated rings. The maximum absolute atomic E-state index is 6.00. The Morgan fingerprint density at radius 2 is 1.95 bits per heavy atom. The second-order valence-corrected chi connectivity index (χ2v) is 6.14. The minimum Gasteiger partial charge on any atom is -0.329 e. The molecule has 21 heavy (non-hydrogen) atoms. The number of likely N-dealkylation sites (tertiary alicyclic amines) is 1. The third kappa shape index (κ3) is 4.95. The summed E-state index contributed by atoms with van der Waals surface area (Å²) < 4.78 is 0. The number of benzene rings is 1. The molecule has 1 aromatic carbocycles. The predicted molar refractivity (Wildman–Crippen MR) is 91.2 cm³/mol. The number of hydrogen-bond donors (Lipinski definition) is 1. The molecule has 2 N–H and O–H groups in total. The zero-order valence-electron chi connectivity index (χ0n) is 13.4. The maximum atomic E-state index is 6.00. The summed E-state index contributed by atoms with van der Waals surface area (Å²) in [5.41, 5.74) is 7.26. The first-order valence-corrected chi connectivity index (χ1v) is 8.03. The van der Waals surface area contributed by atoms with E-state index in [0.29, 0.717) is 12.1 Å². The second-order valence-electron chi connectivity index (χ2n) is 6.14. The third-order valence-corrected chi connectivity index (χ3v) is 4.63. The van der Waals surface area contributed by atoms with Gasteiger partial charge in [0.15, 0.2) is 0 Å². The normalized spacial score (nSPS) is 19.4. The Bertz CT molecular complexity index is 421. The lowest BCUT2D eigenvalue weighted by molar-refractivity contribution is 0.110. The van der Waals surface area contributed by atoms with Gasteiger partial charge >= 0.3 is 0 Å². The Balaban J connectivity index is 1.86. The lowest BCUT2D eigenvalue weighted by Crippen LogP contribution is -2.48. The van der Waals surface area contributed by atoms with E-state index in [-0.39, 0.29) is 0 Å². The van der Waals surface area contributed by atoms with Gasteiger partial charge < -0.3 is 10.6 Å². The molecular weight excluding hydrogens is 258 g/mol. The SMILES string of the molecule is CN1CCC(N(C)C(CN)C/C=C\c2ccccc2)CC1. The quantitative estimate of drug-likeness (QED) is 0.872. The summed E-state index contributed by atoms with van der Waals surface area (Å²) in [6, 6.07) is 11.6. The Morgan fingerprint density at radius 3 is 2.57 bits per heavy atom. The average molecular weight is 287 g/mol. The average Bonchev–Trinajstić information content (AvgIpc) is 2.53. The fourth-order valence-electron chi connectivity index (χ4n) is 3.05. The summed E-state index contributed by atoms with van der Waals surface area (Å²) in [6.07, 6.45) is 8.00. The molecule has 0 bridgehead atoms. The van der Waals surface area contributed by atoms with Crippen LogP contribution in [-0.2, 0) is 0 Å². The van der Waals surface area contributed by atoms with Crippen LogP contribution in [0, 0.1) is 0 Å². The van der Waals surface area contributed by atoms with E-state index in [0.717, 1.165) is 13.0 Å². The van der Waals surface area contributed by atoms with E-state index in [4.69, 9.17) is 5.73 Å². The molecular formula is C18H29N3. The van der Waals surface area contributed by atoms with Crippen LogP contribution in [0.4, 0.5) is 0 Å². The van der Waals surface area contributed by atoms with Crippen LogP contribution in [0.25, 0.3) is 6.08 Å². The molecule has 0 radical (unpaired) electrons. The van der Waals surface area contributed by atoms with Crippen molar-refractivity contribution in [3.8, 4) is 0 Å². The standard InChI is InChI=1S/C18H29N3/c1-20-13-11-17(12-14-20)21(2)18(15-19)10-6-9-16-7-4-3-5-8-16/h3-9,17-18H,10-15,19H2,1-2H3/b9-6-. The fourth-order valence-corrected chi connectivity index (χ4v) is 3.05. The lowest BCUT2D eigenvalue weighted by atomic mass is 10.0. The van der Waals surface area contributed by atoms with Crippen molar-refractivity contribution in [1.29, 1.82) is 0 Å². The molecule has 0 aliphatic carbocycles. The van der Waals surface area contributed by atoms with Gasteiger partial charge in [0, 0.05) is 18.6 Å². The lowest BCUT2D eigenvalue weighted by Gasteiger charge is -2.39. The number of nitrogens with zero attached hydrogens (tertiary/aromatic N) is 2. The van der Waals surface area contributed by atoms with Crippen molar-refractivity contribution in [3.63, 3.8) is 0 Å². The molecule has 0 saturated carbocycles. The first-order valence-electron chi connectivity index (χ1n) is 8.03. The van der Waals surface area contributed by atoms with Crippen molar-refractivity contribution in [2.24, 2.45) is 5.73 Å². The molecule has 1 aromatic rings. The van der Waals surface area contributed by atoms with Crippen LogP contribution >= 0.6 is 0 Å². The van der Waals surface area contributed by atoms with E-state index in [1.165, 1.54) is 31.5 Å². The van der Waals surface area contributed by atoms with Gasteiger partial charge in [0.05, 0.1) is 0 Å². The summed E-state index contributed by atoms with van der Waals surface area (Å²) in [4.78, 5) is 4.92. The maximum Gasteiger partial charge on any atom is 0.0252 e. The van der Waals surface area contributed by atoms with Crippen LogP contribution in [0.2, 0.25) is 0 Å². The number of rotatable bonds is 6. The molecule has 0 amide bonds. The first-order chi connectivity index (χ1) is 10.2. The van der Waals surface area contributed by atoms with Gasteiger partial charge in [0.2, 0.25) is 0 Å². The van der Waals surface area contributed by atoms with Crippen LogP contribution in [0.3, 0.4) is 0 Å². The van der Waals surface area contributed by atoms with Crippen molar-refractivity contribution in [2.75, 3.05) is 33.7 Å². The zero-order chi connectivity index (χ0) is 15.1. The minimum absolute atomic E-state index is 0.443. The second kappa shape index (κ2) is 8.32. The largest absolute Gasteiger partial charge is 0.329 e. The number of piperidine rings is 1. The van der Waals surface area contributed by atoms with Gasteiger partial charge in [0.25, 0.3) is 0 Å². The van der Waals surface area contributed by atoms with Crippen molar-refractivity contribution in [1.82, 2.24) is 9.80 Å². The molecule has 2 rings (SSSR count). The zero-order valence-corrected chi connectivity index (χ0v) is 13.4. The Morgan fingerprint density at radius 1 is 1.29 bits per heavy atom. The van der Waals surface area contributed by atoms with Crippen LogP contribution in [-0.4, -0.2) is 55.6 Å². The van der Waals surface area contributed by atoms with Gasteiger partial charge in [0.1, 0.15) is 0 Å². The summed E-state index contributed by atoms with van der Waals surface area (Å²) in [5.74, 6) is 0. The highest BCUT2D eigenvalue weighted by Crippen LogP contribution is 2.18. The van der Waals surface area contributed by atoms with Crippen LogP contribution < -0.4 is 5.73 Å². The third-order valence-electron chi connectivity index (χ3n) is 4.63. The molecule has 1 atom stereocenters. The van der Waals surface area contributed by atoms with Crippen molar-refractivity contribution < 1.29 is 0 Å². The van der Waals surface area contributed by atoms with Gasteiger partial charge in [-0.25, -0.2) is 0 Å². The van der Waals surface area contributed by atoms with Gasteiger partial charge in [-0.3, -0.25) is 4.90 Å². The van der Waals surface area contributed by atoms with Crippen molar-refractivity contribution in [3.05, 3.63) is 42.0 Å². The minimum atomic E-state index is 0.443. The summed E-state index contributed by atoms with van der Waals surface area (Å²) >= 11 is 0. The summed E-state index contributed by atoms with van der Waals surface area (Å²) in [6.45, 7) is 3.13. The molecule has 1 unspecified atom stereocenters. The van der Waals surface area contributed by atoms with E-state index in [1.54, 1.807) is 0 Å². The van der Waals surface area contributed by atoms with Gasteiger partial charge in [-0.15, -0.1) is 0 Å². The van der Waals surface area contributed by atoms with Crippen LogP contribution in [0.15, 0.2) is 36.4 Å². The predicted octanol–water partition coefficient (Wildman–Crippen LogP) is 2.44. The molecule has 3 nitrogen and oxygen atoms in total. The summed E-state index contributed by atoms with van der Waals surface area (Å²) in [5, 5.41) is 0. The van der Waals surface area contributed by atoms with Gasteiger partial charge in [-0.1, -0.05) is 42.5 Å². The topological polar surface area (TPSA) is 32.5 Å². The Labute approximate surface area is 129 Å². The van der Waals surface area contributed by atoms with Crippen LogP contribution in [0.5, 0.6) is 0 Å². The molecule has 1 heterocycles. The number of hydrogen-bond acceptors (Lipinski definition) is 3. The van der Waals surface area contributed by atoms with E-state index in [9.17, 15) is 0 Å². The van der Waals surface area contributed by atoms with Gasteiger partial charge in [-0.2, -0.15) is 0 Å². The molecule has 1 aliphatic heterocycles. The molecule has 3 heteroatoms. The monoisotopic (exact) mass is 287 g/mol. The van der Waals surface area contributed by atoms with E-state index in [2.05, 4.69) is 60.3 Å². The molecule has 0 aromatic heterocycles. The van der Waals surface area contributed by atoms with E-state index < -0.39 is 0 Å². The molecule has 116 valence electrons. The molecule has 0 spiro atoms. The summed E-state index contributed by atoms with van der Waals surface area (Å²) in [7, 11) is 4.45. The van der Waals surface area contributed by atoms with Crippen LogP contribution in [0.1, 0.15) is 24.8 Å². The van der Waals surface area contributed by atoms with E-state index in [1.807, 2.05) is 6.07 Å². The van der Waals surface area contributed by atoms with Gasteiger partial charge in [-0.05, 0) is 52.0 Å². The van der Waals surface area contributed by atoms with Crippen molar-refractivity contribution >= 4 is 6.08 Å². The molecule has 1 saturated heterocycles. The highest BCUT2D eigenvalue weighted by atomic mass is 15.2. The molecule has 1 aliphatic rings.